The summed E-state index contributed by atoms with van der Waals surface area (Å²) >= 11 is 0. The van der Waals surface area contributed by atoms with Gasteiger partial charge in [0, 0.05) is 39.4 Å². The molecule has 2 fully saturated rings. The molecular weight excluding hydrogens is 396 g/mol. The van der Waals surface area contributed by atoms with Crippen LogP contribution in [0.5, 0.6) is 11.5 Å². The highest BCUT2D eigenvalue weighted by Gasteiger charge is 2.42. The van der Waals surface area contributed by atoms with Crippen LogP contribution in [-0.4, -0.2) is 66.1 Å². The summed E-state index contributed by atoms with van der Waals surface area (Å²) in [4.78, 5) is 14.7. The average molecular weight is 429 g/mol. The van der Waals surface area contributed by atoms with E-state index in [0.717, 1.165) is 62.4 Å². The van der Waals surface area contributed by atoms with Crippen LogP contribution in [0.15, 0.2) is 30.5 Å². The van der Waals surface area contributed by atoms with Crippen molar-refractivity contribution in [3.05, 3.63) is 41.7 Å². The van der Waals surface area contributed by atoms with Crippen molar-refractivity contribution in [1.29, 1.82) is 0 Å². The molecule has 0 radical (unpaired) electrons. The fourth-order valence-corrected chi connectivity index (χ4v) is 4.67. The van der Waals surface area contributed by atoms with Gasteiger partial charge in [-0.3, -0.25) is 14.4 Å². The van der Waals surface area contributed by atoms with Gasteiger partial charge in [-0.05, 0) is 43.9 Å². The zero-order valence-corrected chi connectivity index (χ0v) is 18.6. The molecule has 0 saturated carbocycles. The quantitative estimate of drug-likeness (QED) is 0.730. The zero-order chi connectivity index (χ0) is 21.8. The number of benzene rings is 1. The first-order valence-corrected chi connectivity index (χ1v) is 10.9. The van der Waals surface area contributed by atoms with Gasteiger partial charge in [0.25, 0.3) is 5.91 Å². The van der Waals surface area contributed by atoms with Gasteiger partial charge < -0.3 is 19.5 Å². The Morgan fingerprint density at radius 3 is 2.52 bits per heavy atom. The highest BCUT2D eigenvalue weighted by molar-refractivity contribution is 5.92. The Kier molecular flexibility index (Phi) is 6.48. The number of aryl methyl sites for hydroxylation is 1. The molecule has 3 heterocycles. The fourth-order valence-electron chi connectivity index (χ4n) is 4.67. The monoisotopic (exact) mass is 428 g/mol. The van der Waals surface area contributed by atoms with Crippen LogP contribution in [-0.2, 0) is 18.3 Å². The summed E-state index contributed by atoms with van der Waals surface area (Å²) in [5, 5.41) is 7.11. The van der Waals surface area contributed by atoms with Crippen LogP contribution in [0, 0.1) is 0 Å². The molecule has 8 heteroatoms. The number of piperidine rings is 1. The van der Waals surface area contributed by atoms with E-state index in [0.29, 0.717) is 12.2 Å². The third-order valence-corrected chi connectivity index (χ3v) is 6.45. The van der Waals surface area contributed by atoms with Crippen molar-refractivity contribution in [2.24, 2.45) is 7.05 Å². The minimum atomic E-state index is -0.147. The molecule has 1 aromatic heterocycles. The Morgan fingerprint density at radius 1 is 1.19 bits per heavy atom. The smallest absolute Gasteiger partial charge is 0.271 e. The largest absolute Gasteiger partial charge is 0.496 e. The van der Waals surface area contributed by atoms with Crippen LogP contribution >= 0.6 is 0 Å². The molecule has 168 valence electrons. The van der Waals surface area contributed by atoms with Crippen molar-refractivity contribution in [2.45, 2.75) is 43.9 Å². The predicted octanol–water partition coefficient (Wildman–Crippen LogP) is 2.38. The van der Waals surface area contributed by atoms with Crippen molar-refractivity contribution in [2.75, 3.05) is 33.9 Å². The minimum absolute atomic E-state index is 0.0634. The first-order valence-electron chi connectivity index (χ1n) is 10.9. The lowest BCUT2D eigenvalue weighted by Gasteiger charge is -2.39. The van der Waals surface area contributed by atoms with Crippen molar-refractivity contribution in [3.63, 3.8) is 0 Å². The Bertz CT molecular complexity index is 882. The summed E-state index contributed by atoms with van der Waals surface area (Å²) < 4.78 is 19.2. The number of carbonyl (C=O) groups is 1. The van der Waals surface area contributed by atoms with Crippen LogP contribution in [0.4, 0.5) is 0 Å². The molecule has 1 amide bonds. The van der Waals surface area contributed by atoms with Gasteiger partial charge in [-0.2, -0.15) is 5.10 Å². The SMILES string of the molecule is COc1cccc(OC)c1CN1CCC2(CCC(CNC(=O)c3ccn(C)n3)O2)CC1. The number of nitrogens with one attached hydrogen (secondary N) is 1. The van der Waals surface area contributed by atoms with Gasteiger partial charge in [-0.25, -0.2) is 0 Å². The Morgan fingerprint density at radius 2 is 1.90 bits per heavy atom. The number of hydrogen-bond acceptors (Lipinski definition) is 6. The first-order chi connectivity index (χ1) is 15.0. The second kappa shape index (κ2) is 9.28. The van der Waals surface area contributed by atoms with E-state index in [4.69, 9.17) is 14.2 Å². The number of carbonyl (C=O) groups excluding carboxylic acids is 1. The normalized spacial score (nSPS) is 20.7. The molecule has 1 N–H and O–H groups in total. The lowest BCUT2D eigenvalue weighted by molar-refractivity contribution is -0.0765. The Hall–Kier alpha value is -2.58. The van der Waals surface area contributed by atoms with Gasteiger partial charge >= 0.3 is 0 Å². The highest BCUT2D eigenvalue weighted by Crippen LogP contribution is 2.40. The zero-order valence-electron chi connectivity index (χ0n) is 18.6. The number of likely N-dealkylation sites (tertiary alicyclic amines) is 1. The number of amides is 1. The van der Waals surface area contributed by atoms with Gasteiger partial charge in [0.15, 0.2) is 0 Å². The number of hydrogen-bond donors (Lipinski definition) is 1. The maximum absolute atomic E-state index is 12.2. The second-order valence-electron chi connectivity index (χ2n) is 8.46. The van der Waals surface area contributed by atoms with Crippen molar-refractivity contribution >= 4 is 5.91 Å². The van der Waals surface area contributed by atoms with Gasteiger partial charge in [0.1, 0.15) is 17.2 Å². The van der Waals surface area contributed by atoms with Gasteiger partial charge in [-0.15, -0.1) is 0 Å². The first kappa shape index (κ1) is 21.6. The van der Waals surface area contributed by atoms with Gasteiger partial charge in [0.05, 0.1) is 31.5 Å². The lowest BCUT2D eigenvalue weighted by atomic mass is 9.88. The summed E-state index contributed by atoms with van der Waals surface area (Å²) in [6, 6.07) is 7.63. The van der Waals surface area contributed by atoms with Gasteiger partial charge in [-0.1, -0.05) is 6.07 Å². The van der Waals surface area contributed by atoms with E-state index >= 15 is 0 Å². The van der Waals surface area contributed by atoms with E-state index in [1.54, 1.807) is 38.2 Å². The lowest BCUT2D eigenvalue weighted by Crippen LogP contribution is -2.45. The highest BCUT2D eigenvalue weighted by atomic mass is 16.5. The Labute approximate surface area is 183 Å². The molecule has 31 heavy (non-hydrogen) atoms. The topological polar surface area (TPSA) is 77.9 Å². The second-order valence-corrected chi connectivity index (χ2v) is 8.46. The fraction of sp³-hybridized carbons (Fsp3) is 0.565. The molecule has 4 rings (SSSR count). The molecule has 8 nitrogen and oxygen atoms in total. The summed E-state index contributed by atoms with van der Waals surface area (Å²) in [5.41, 5.74) is 1.46. The van der Waals surface area contributed by atoms with Crippen molar-refractivity contribution in [3.8, 4) is 11.5 Å². The van der Waals surface area contributed by atoms with E-state index in [9.17, 15) is 4.79 Å². The number of aromatic nitrogens is 2. The molecule has 1 spiro atoms. The molecule has 1 aromatic carbocycles. The van der Waals surface area contributed by atoms with Crippen LogP contribution in [0.1, 0.15) is 41.7 Å². The third-order valence-electron chi connectivity index (χ3n) is 6.45. The number of rotatable bonds is 7. The predicted molar refractivity (Wildman–Crippen MR) is 116 cm³/mol. The molecule has 0 bridgehead atoms. The molecule has 1 atom stereocenters. The van der Waals surface area contributed by atoms with E-state index in [1.807, 2.05) is 18.2 Å². The van der Waals surface area contributed by atoms with E-state index in [1.165, 1.54) is 0 Å². The van der Waals surface area contributed by atoms with E-state index in [-0.39, 0.29) is 17.6 Å². The molecule has 2 saturated heterocycles. The van der Waals surface area contributed by atoms with Crippen molar-refractivity contribution in [1.82, 2.24) is 20.0 Å². The third kappa shape index (κ3) is 4.85. The van der Waals surface area contributed by atoms with Crippen LogP contribution < -0.4 is 14.8 Å². The molecule has 1 unspecified atom stereocenters. The average Bonchev–Trinajstić information content (AvgIpc) is 3.40. The molecular formula is C23H32N4O4. The van der Waals surface area contributed by atoms with Crippen LogP contribution in [0.3, 0.4) is 0 Å². The molecule has 2 aromatic rings. The number of ether oxygens (including phenoxy) is 3. The standard InChI is InChI=1S/C23H32N4O4/c1-26-12-8-19(25-26)22(28)24-15-17-7-9-23(31-17)10-13-27(14-11-23)16-18-20(29-2)5-4-6-21(18)30-3/h4-6,8,12,17H,7,9-11,13-16H2,1-3H3,(H,24,28). The summed E-state index contributed by atoms with van der Waals surface area (Å²) in [5.74, 6) is 1.58. The molecule has 2 aliphatic heterocycles. The van der Waals surface area contributed by atoms with Gasteiger partial charge in [0.2, 0.25) is 0 Å². The summed E-state index contributed by atoms with van der Waals surface area (Å²) in [7, 11) is 5.20. The number of methoxy groups -OCH3 is 2. The maximum atomic E-state index is 12.2. The van der Waals surface area contributed by atoms with Crippen LogP contribution in [0.2, 0.25) is 0 Å². The summed E-state index contributed by atoms with van der Waals surface area (Å²) in [6.45, 7) is 3.26. The number of nitrogens with zero attached hydrogens (tertiary/aromatic N) is 3. The Balaban J connectivity index is 1.28. The van der Waals surface area contributed by atoms with Crippen molar-refractivity contribution < 1.29 is 19.0 Å². The minimum Gasteiger partial charge on any atom is -0.496 e. The van der Waals surface area contributed by atoms with Crippen LogP contribution in [0.25, 0.3) is 0 Å². The molecule has 2 aliphatic rings. The summed E-state index contributed by atoms with van der Waals surface area (Å²) in [6.07, 6.45) is 5.84. The maximum Gasteiger partial charge on any atom is 0.271 e. The van der Waals surface area contributed by atoms with E-state index in [2.05, 4.69) is 15.3 Å². The van der Waals surface area contributed by atoms with E-state index < -0.39 is 0 Å². The molecule has 0 aliphatic carbocycles.